The zero-order valence-electron chi connectivity index (χ0n) is 12.2. The van der Waals surface area contributed by atoms with Gasteiger partial charge < -0.3 is 11.1 Å². The molecular weight excluding hydrogens is 232 g/mol. The van der Waals surface area contributed by atoms with Crippen LogP contribution < -0.4 is 11.1 Å². The zero-order chi connectivity index (χ0) is 12.9. The maximum Gasteiger partial charge on any atom is 0.0363 e. The molecule has 0 radical (unpaired) electrons. The van der Waals surface area contributed by atoms with Crippen LogP contribution >= 0.6 is 0 Å². The summed E-state index contributed by atoms with van der Waals surface area (Å²) in [4.78, 5) is 0. The predicted molar refractivity (Wildman–Crippen MR) is 78.8 cm³/mol. The second kappa shape index (κ2) is 4.73. The summed E-state index contributed by atoms with van der Waals surface area (Å²) < 4.78 is 0. The van der Waals surface area contributed by atoms with Crippen molar-refractivity contribution in [3.8, 4) is 0 Å². The molecule has 2 heteroatoms. The molecule has 4 bridgehead atoms. The summed E-state index contributed by atoms with van der Waals surface area (Å²) >= 11 is 0. The van der Waals surface area contributed by atoms with Gasteiger partial charge in [0.2, 0.25) is 0 Å². The highest BCUT2D eigenvalue weighted by atomic mass is 15.1. The fraction of sp³-hybridized carbons (Fsp3) is 1.00. The molecule has 0 unspecified atom stereocenters. The van der Waals surface area contributed by atoms with Crippen LogP contribution in [0.3, 0.4) is 0 Å². The lowest BCUT2D eigenvalue weighted by Gasteiger charge is -2.62. The van der Waals surface area contributed by atoms with Crippen molar-refractivity contribution < 1.29 is 0 Å². The molecule has 0 saturated heterocycles. The first-order valence-electron chi connectivity index (χ1n) is 8.78. The molecule has 0 atom stereocenters. The van der Waals surface area contributed by atoms with E-state index in [1.54, 1.807) is 0 Å². The van der Waals surface area contributed by atoms with E-state index in [4.69, 9.17) is 5.73 Å². The first-order chi connectivity index (χ1) is 9.30. The van der Waals surface area contributed by atoms with Crippen molar-refractivity contribution in [3.63, 3.8) is 0 Å². The number of nitrogens with one attached hydrogen (secondary N) is 1. The topological polar surface area (TPSA) is 38.0 Å². The quantitative estimate of drug-likeness (QED) is 0.820. The van der Waals surface area contributed by atoms with E-state index in [9.17, 15) is 0 Å². The average molecular weight is 262 g/mol. The summed E-state index contributed by atoms with van der Waals surface area (Å²) in [5.41, 5.74) is 6.67. The molecule has 5 fully saturated rings. The molecule has 5 aliphatic carbocycles. The van der Waals surface area contributed by atoms with Crippen LogP contribution in [0.15, 0.2) is 0 Å². The summed E-state index contributed by atoms with van der Waals surface area (Å²) in [6.07, 6.45) is 14.5. The molecule has 0 aliphatic heterocycles. The Bertz CT molecular complexity index is 304. The molecule has 5 saturated carbocycles. The van der Waals surface area contributed by atoms with Crippen LogP contribution in [0, 0.1) is 23.7 Å². The largest absolute Gasteiger partial charge is 0.329 e. The van der Waals surface area contributed by atoms with Crippen LogP contribution in [0.1, 0.15) is 64.2 Å². The van der Waals surface area contributed by atoms with Crippen molar-refractivity contribution >= 4 is 0 Å². The van der Waals surface area contributed by atoms with Gasteiger partial charge in [0.25, 0.3) is 0 Å². The zero-order valence-corrected chi connectivity index (χ0v) is 12.2. The van der Waals surface area contributed by atoms with Crippen molar-refractivity contribution in [2.75, 3.05) is 6.54 Å². The standard InChI is InChI=1S/C17H30N2/c18-11-17(19-16-4-2-1-3-5-16)14-7-12-6-13(9-14)10-15(17)8-12/h12-16,19H,1-11,18H2. The lowest BCUT2D eigenvalue weighted by molar-refractivity contribution is -0.0755. The van der Waals surface area contributed by atoms with Crippen molar-refractivity contribution in [3.05, 3.63) is 0 Å². The van der Waals surface area contributed by atoms with Gasteiger partial charge in [0.05, 0.1) is 0 Å². The molecule has 108 valence electrons. The molecule has 3 N–H and O–H groups in total. The number of rotatable bonds is 3. The molecular formula is C17H30N2. The highest BCUT2D eigenvalue weighted by Gasteiger charge is 2.56. The Balaban J connectivity index is 1.55. The van der Waals surface area contributed by atoms with Gasteiger partial charge in [-0.15, -0.1) is 0 Å². The third-order valence-corrected chi connectivity index (χ3v) is 7.01. The van der Waals surface area contributed by atoms with Gasteiger partial charge in [0, 0.05) is 18.1 Å². The van der Waals surface area contributed by atoms with E-state index in [1.165, 1.54) is 64.2 Å². The van der Waals surface area contributed by atoms with Gasteiger partial charge >= 0.3 is 0 Å². The Morgan fingerprint density at radius 3 is 1.95 bits per heavy atom. The summed E-state index contributed by atoms with van der Waals surface area (Å²) in [6.45, 7) is 0.887. The number of nitrogens with two attached hydrogens (primary N) is 1. The lowest BCUT2D eigenvalue weighted by Crippen LogP contribution is -2.70. The maximum atomic E-state index is 6.34. The van der Waals surface area contributed by atoms with Gasteiger partial charge in [-0.3, -0.25) is 0 Å². The van der Waals surface area contributed by atoms with Gasteiger partial charge in [0.1, 0.15) is 0 Å². The van der Waals surface area contributed by atoms with Crippen LogP contribution in [0.2, 0.25) is 0 Å². The number of hydrogen-bond acceptors (Lipinski definition) is 2. The van der Waals surface area contributed by atoms with E-state index in [0.717, 1.165) is 36.3 Å². The summed E-state index contributed by atoms with van der Waals surface area (Å²) in [5.74, 6) is 3.90. The number of hydrogen-bond donors (Lipinski definition) is 2. The van der Waals surface area contributed by atoms with E-state index < -0.39 is 0 Å². The summed E-state index contributed by atoms with van der Waals surface area (Å²) in [6, 6.07) is 0.773. The first-order valence-corrected chi connectivity index (χ1v) is 8.78. The van der Waals surface area contributed by atoms with E-state index in [0.29, 0.717) is 5.54 Å². The minimum atomic E-state index is 0.329. The van der Waals surface area contributed by atoms with Crippen LogP contribution in [-0.2, 0) is 0 Å². The summed E-state index contributed by atoms with van der Waals surface area (Å²) in [7, 11) is 0. The molecule has 0 aromatic heterocycles. The van der Waals surface area contributed by atoms with E-state index in [-0.39, 0.29) is 0 Å². The molecule has 5 aliphatic rings. The first kappa shape index (κ1) is 12.6. The average Bonchev–Trinajstić information content (AvgIpc) is 2.43. The van der Waals surface area contributed by atoms with E-state index >= 15 is 0 Å². The van der Waals surface area contributed by atoms with Gasteiger partial charge in [-0.05, 0) is 68.6 Å². The van der Waals surface area contributed by atoms with Crippen molar-refractivity contribution in [2.24, 2.45) is 29.4 Å². The van der Waals surface area contributed by atoms with E-state index in [1.807, 2.05) is 0 Å². The SMILES string of the molecule is NCC1(NC2CCCCC2)C2CC3CC(C2)CC1C3. The van der Waals surface area contributed by atoms with Crippen LogP contribution in [0.4, 0.5) is 0 Å². The Hall–Kier alpha value is -0.0800. The normalized spacial score (nSPS) is 49.7. The third-order valence-electron chi connectivity index (χ3n) is 7.01. The van der Waals surface area contributed by atoms with Crippen LogP contribution in [0.5, 0.6) is 0 Å². The minimum Gasteiger partial charge on any atom is -0.329 e. The third kappa shape index (κ3) is 1.98. The summed E-state index contributed by atoms with van der Waals surface area (Å²) in [5, 5.41) is 4.14. The molecule has 0 aromatic carbocycles. The molecule has 0 aromatic rings. The predicted octanol–water partition coefficient (Wildman–Crippen LogP) is 3.06. The second-order valence-corrected chi connectivity index (χ2v) is 8.03. The molecule has 19 heavy (non-hydrogen) atoms. The molecule has 2 nitrogen and oxygen atoms in total. The molecule has 0 amide bonds. The molecule has 0 heterocycles. The van der Waals surface area contributed by atoms with Gasteiger partial charge in [-0.2, -0.15) is 0 Å². The molecule has 0 spiro atoms. The Labute approximate surface area is 117 Å². The highest BCUT2D eigenvalue weighted by molar-refractivity contribution is 5.12. The van der Waals surface area contributed by atoms with Gasteiger partial charge in [0.15, 0.2) is 0 Å². The lowest BCUT2D eigenvalue weighted by atomic mass is 9.48. The van der Waals surface area contributed by atoms with Crippen molar-refractivity contribution in [1.82, 2.24) is 5.32 Å². The Morgan fingerprint density at radius 1 is 0.842 bits per heavy atom. The fourth-order valence-electron chi connectivity index (χ4n) is 6.28. The van der Waals surface area contributed by atoms with Crippen molar-refractivity contribution in [1.29, 1.82) is 0 Å². The molecule has 5 rings (SSSR count). The van der Waals surface area contributed by atoms with Crippen LogP contribution in [-0.4, -0.2) is 18.1 Å². The minimum absolute atomic E-state index is 0.329. The van der Waals surface area contributed by atoms with Gasteiger partial charge in [-0.25, -0.2) is 0 Å². The van der Waals surface area contributed by atoms with E-state index in [2.05, 4.69) is 5.32 Å². The Kier molecular flexibility index (Phi) is 3.15. The Morgan fingerprint density at radius 2 is 1.42 bits per heavy atom. The second-order valence-electron chi connectivity index (χ2n) is 8.03. The van der Waals surface area contributed by atoms with Crippen LogP contribution in [0.25, 0.3) is 0 Å². The monoisotopic (exact) mass is 262 g/mol. The smallest absolute Gasteiger partial charge is 0.0363 e. The highest BCUT2D eigenvalue weighted by Crippen LogP contribution is 2.58. The van der Waals surface area contributed by atoms with Gasteiger partial charge in [-0.1, -0.05) is 19.3 Å². The van der Waals surface area contributed by atoms with Crippen molar-refractivity contribution in [2.45, 2.75) is 75.8 Å². The fourth-order valence-corrected chi connectivity index (χ4v) is 6.28. The maximum absolute atomic E-state index is 6.34.